The van der Waals surface area contributed by atoms with Gasteiger partial charge in [-0.15, -0.1) is 0 Å². The Morgan fingerprint density at radius 2 is 1.56 bits per heavy atom. The second-order valence-electron chi connectivity index (χ2n) is 6.48. The average Bonchev–Trinajstić information content (AvgIpc) is 3.09. The van der Waals surface area contributed by atoms with Crippen LogP contribution in [0.1, 0.15) is 11.1 Å². The molecule has 4 nitrogen and oxygen atoms in total. The first-order valence-electron chi connectivity index (χ1n) is 8.87. The Labute approximate surface area is 158 Å². The summed E-state index contributed by atoms with van der Waals surface area (Å²) in [6, 6.07) is 25.5. The second kappa shape index (κ2) is 7.38. The minimum absolute atomic E-state index is 0.105. The Morgan fingerprint density at radius 1 is 0.926 bits per heavy atom. The third kappa shape index (κ3) is 3.70. The molecule has 0 unspecified atom stereocenters. The molecule has 0 spiro atoms. The highest BCUT2D eigenvalue weighted by atomic mass is 16.3. The number of hydrazine groups is 1. The molecular formula is C23H20N2O2. The molecule has 0 fully saturated rings. The van der Waals surface area contributed by atoms with Gasteiger partial charge < -0.3 is 4.42 Å². The fourth-order valence-corrected chi connectivity index (χ4v) is 3.10. The number of carbonyl (C=O) groups excluding carboxylic acids is 1. The summed E-state index contributed by atoms with van der Waals surface area (Å²) < 4.78 is 5.59. The maximum absolute atomic E-state index is 12.8. The van der Waals surface area contributed by atoms with Crippen LogP contribution in [0.15, 0.2) is 89.5 Å². The first-order valence-corrected chi connectivity index (χ1v) is 8.87. The lowest BCUT2D eigenvalue weighted by molar-refractivity contribution is -0.120. The number of carbonyl (C=O) groups is 1. The Balaban J connectivity index is 1.59. The van der Waals surface area contributed by atoms with Crippen LogP contribution in [0.4, 0.5) is 11.4 Å². The van der Waals surface area contributed by atoms with E-state index in [1.165, 1.54) is 0 Å². The Morgan fingerprint density at radius 3 is 2.19 bits per heavy atom. The highest BCUT2D eigenvalue weighted by Gasteiger charge is 2.15. The smallest absolute Gasteiger partial charge is 0.243 e. The summed E-state index contributed by atoms with van der Waals surface area (Å²) in [5.74, 6) is -0.105. The normalized spacial score (nSPS) is 10.7. The summed E-state index contributed by atoms with van der Waals surface area (Å²) in [6.07, 6.45) is 1.91. The molecule has 0 aliphatic heterocycles. The number of hydrogen-bond donors (Lipinski definition) is 1. The van der Waals surface area contributed by atoms with Crippen LogP contribution in [0.3, 0.4) is 0 Å². The molecule has 0 radical (unpaired) electrons. The molecule has 4 aromatic rings. The number of nitrogens with one attached hydrogen (secondary N) is 1. The van der Waals surface area contributed by atoms with Crippen LogP contribution < -0.4 is 10.4 Å². The summed E-state index contributed by atoms with van der Waals surface area (Å²) in [7, 11) is 0. The Kier molecular flexibility index (Phi) is 4.62. The topological polar surface area (TPSA) is 45.5 Å². The van der Waals surface area contributed by atoms with Crippen molar-refractivity contribution in [3.63, 3.8) is 0 Å². The molecule has 1 N–H and O–H groups in total. The highest BCUT2D eigenvalue weighted by molar-refractivity contribution is 5.89. The summed E-state index contributed by atoms with van der Waals surface area (Å²) in [6.45, 7) is 2.03. The monoisotopic (exact) mass is 356 g/mol. The van der Waals surface area contributed by atoms with E-state index in [0.717, 1.165) is 33.5 Å². The van der Waals surface area contributed by atoms with E-state index in [2.05, 4.69) is 5.43 Å². The second-order valence-corrected chi connectivity index (χ2v) is 6.48. The first kappa shape index (κ1) is 16.9. The van der Waals surface area contributed by atoms with Gasteiger partial charge in [-0.05, 0) is 43.3 Å². The SMILES string of the molecule is Cc1ccc2occ(CC(=O)NN(c3ccccc3)c3ccccc3)c2c1. The number of aryl methyl sites for hydroxylation is 1. The zero-order chi connectivity index (χ0) is 18.6. The van der Waals surface area contributed by atoms with Gasteiger partial charge in [0.1, 0.15) is 5.58 Å². The summed E-state index contributed by atoms with van der Waals surface area (Å²) in [5.41, 5.74) is 7.63. The van der Waals surface area contributed by atoms with Gasteiger partial charge in [0.2, 0.25) is 5.91 Å². The van der Waals surface area contributed by atoms with E-state index in [1.807, 2.05) is 85.8 Å². The predicted molar refractivity (Wildman–Crippen MR) is 108 cm³/mol. The van der Waals surface area contributed by atoms with E-state index >= 15 is 0 Å². The van der Waals surface area contributed by atoms with Gasteiger partial charge in [-0.25, -0.2) is 0 Å². The molecule has 4 heteroatoms. The third-order valence-electron chi connectivity index (χ3n) is 4.43. The molecule has 1 heterocycles. The van der Waals surface area contributed by atoms with Crippen molar-refractivity contribution in [2.24, 2.45) is 0 Å². The molecular weight excluding hydrogens is 336 g/mol. The van der Waals surface area contributed by atoms with E-state index < -0.39 is 0 Å². The van der Waals surface area contributed by atoms with Crippen molar-refractivity contribution in [2.45, 2.75) is 13.3 Å². The standard InChI is InChI=1S/C23H20N2O2/c1-17-12-13-22-21(14-17)18(16-27-22)15-23(26)24-25(19-8-4-2-5-9-19)20-10-6-3-7-11-20/h2-14,16H,15H2,1H3,(H,24,26). The number of benzene rings is 3. The van der Waals surface area contributed by atoms with E-state index in [4.69, 9.17) is 4.42 Å². The lowest BCUT2D eigenvalue weighted by atomic mass is 10.1. The van der Waals surface area contributed by atoms with Crippen molar-refractivity contribution >= 4 is 28.3 Å². The zero-order valence-corrected chi connectivity index (χ0v) is 15.1. The van der Waals surface area contributed by atoms with E-state index in [1.54, 1.807) is 11.3 Å². The molecule has 0 saturated carbocycles. The molecule has 1 amide bonds. The third-order valence-corrected chi connectivity index (χ3v) is 4.43. The molecule has 134 valence electrons. The highest BCUT2D eigenvalue weighted by Crippen LogP contribution is 2.25. The van der Waals surface area contributed by atoms with Crippen molar-refractivity contribution in [3.05, 3.63) is 96.3 Å². The van der Waals surface area contributed by atoms with Gasteiger partial charge in [-0.3, -0.25) is 15.2 Å². The molecule has 0 aliphatic carbocycles. The predicted octanol–water partition coefficient (Wildman–Crippen LogP) is 5.15. The molecule has 27 heavy (non-hydrogen) atoms. The quantitative estimate of drug-likeness (QED) is 0.503. The molecule has 0 aliphatic rings. The van der Waals surface area contributed by atoms with Crippen LogP contribution >= 0.6 is 0 Å². The number of furan rings is 1. The van der Waals surface area contributed by atoms with Gasteiger partial charge in [0, 0.05) is 10.9 Å². The fourth-order valence-electron chi connectivity index (χ4n) is 3.10. The van der Waals surface area contributed by atoms with Gasteiger partial charge in [0.25, 0.3) is 0 Å². The summed E-state index contributed by atoms with van der Waals surface area (Å²) >= 11 is 0. The molecule has 1 aromatic heterocycles. The van der Waals surface area contributed by atoms with Crippen LogP contribution in [0.25, 0.3) is 11.0 Å². The number of fused-ring (bicyclic) bond motifs is 1. The van der Waals surface area contributed by atoms with Gasteiger partial charge in [0.05, 0.1) is 24.1 Å². The van der Waals surface area contributed by atoms with Crippen molar-refractivity contribution in [2.75, 3.05) is 5.01 Å². The van der Waals surface area contributed by atoms with Crippen molar-refractivity contribution in [1.29, 1.82) is 0 Å². The molecule has 0 atom stereocenters. The van der Waals surface area contributed by atoms with Crippen LogP contribution in [-0.4, -0.2) is 5.91 Å². The number of anilines is 2. The number of para-hydroxylation sites is 2. The zero-order valence-electron chi connectivity index (χ0n) is 15.1. The first-order chi connectivity index (χ1) is 13.2. The summed E-state index contributed by atoms with van der Waals surface area (Å²) in [4.78, 5) is 12.8. The number of amides is 1. The van der Waals surface area contributed by atoms with Crippen molar-refractivity contribution in [3.8, 4) is 0 Å². The fraction of sp³-hybridized carbons (Fsp3) is 0.0870. The Bertz CT molecular complexity index is 1020. The van der Waals surface area contributed by atoms with Crippen LogP contribution in [-0.2, 0) is 11.2 Å². The molecule has 4 rings (SSSR count). The minimum Gasteiger partial charge on any atom is -0.464 e. The largest absolute Gasteiger partial charge is 0.464 e. The van der Waals surface area contributed by atoms with Gasteiger partial charge in [-0.2, -0.15) is 0 Å². The lowest BCUT2D eigenvalue weighted by Crippen LogP contribution is -2.39. The van der Waals surface area contributed by atoms with Gasteiger partial charge >= 0.3 is 0 Å². The molecule has 3 aromatic carbocycles. The maximum Gasteiger partial charge on any atom is 0.243 e. The number of nitrogens with zero attached hydrogens (tertiary/aromatic N) is 1. The maximum atomic E-state index is 12.8. The van der Waals surface area contributed by atoms with Crippen LogP contribution in [0.2, 0.25) is 0 Å². The lowest BCUT2D eigenvalue weighted by Gasteiger charge is -2.25. The summed E-state index contributed by atoms with van der Waals surface area (Å²) in [5, 5.41) is 2.78. The minimum atomic E-state index is -0.105. The Hall–Kier alpha value is -3.53. The molecule has 0 saturated heterocycles. The average molecular weight is 356 g/mol. The van der Waals surface area contributed by atoms with E-state index in [0.29, 0.717) is 0 Å². The number of rotatable bonds is 5. The van der Waals surface area contributed by atoms with Gasteiger partial charge in [-0.1, -0.05) is 48.0 Å². The van der Waals surface area contributed by atoms with E-state index in [9.17, 15) is 4.79 Å². The van der Waals surface area contributed by atoms with Crippen LogP contribution in [0.5, 0.6) is 0 Å². The van der Waals surface area contributed by atoms with Gasteiger partial charge in [0.15, 0.2) is 0 Å². The van der Waals surface area contributed by atoms with Crippen molar-refractivity contribution < 1.29 is 9.21 Å². The molecule has 0 bridgehead atoms. The van der Waals surface area contributed by atoms with Crippen LogP contribution in [0, 0.1) is 6.92 Å². The number of hydrogen-bond acceptors (Lipinski definition) is 3. The van der Waals surface area contributed by atoms with Crippen molar-refractivity contribution in [1.82, 2.24) is 5.43 Å². The van der Waals surface area contributed by atoms with E-state index in [-0.39, 0.29) is 12.3 Å².